The standard InChI is InChI=1S/C46H37N3/c1-2-6-30(7-3-1)36-17-10-32-12-19-38(25-39(32)24-36)45-48-43(47-44(49-45)37-18-11-31-8-4-5-9-35(31)23-37)34-15-13-33(14-16-34)42-40-21-28-20-29-22-41(42)46(40,26-28)27-29/h1-19,23-25,28-29,40-42H,20-22,26-27H2. The van der Waals surface area contributed by atoms with Crippen LogP contribution >= 0.6 is 0 Å². The minimum absolute atomic E-state index is 0.691. The van der Waals surface area contributed by atoms with Crippen LogP contribution in [0.5, 0.6) is 0 Å². The summed E-state index contributed by atoms with van der Waals surface area (Å²) in [4.78, 5) is 15.4. The Balaban J connectivity index is 1.00. The predicted molar refractivity (Wildman–Crippen MR) is 199 cm³/mol. The van der Waals surface area contributed by atoms with E-state index in [0.29, 0.717) is 17.1 Å². The van der Waals surface area contributed by atoms with Crippen LogP contribution in [0, 0.1) is 29.1 Å². The first-order chi connectivity index (χ1) is 24.2. The Kier molecular flexibility index (Phi) is 5.91. The Bertz CT molecular complexity index is 2390. The molecule has 4 atom stereocenters. The van der Waals surface area contributed by atoms with Gasteiger partial charge in [-0.15, -0.1) is 0 Å². The fourth-order valence-corrected chi connectivity index (χ4v) is 11.0. The highest BCUT2D eigenvalue weighted by Crippen LogP contribution is 2.79. The van der Waals surface area contributed by atoms with E-state index in [1.54, 1.807) is 0 Å². The molecule has 236 valence electrons. The number of rotatable bonds is 5. The van der Waals surface area contributed by atoms with Crippen LogP contribution in [-0.4, -0.2) is 15.0 Å². The second-order valence-electron chi connectivity index (χ2n) is 15.5. The summed E-state index contributed by atoms with van der Waals surface area (Å²) in [6.45, 7) is 0. The molecule has 4 aliphatic carbocycles. The third-order valence-corrected chi connectivity index (χ3v) is 12.9. The fraction of sp³-hybridized carbons (Fsp3) is 0.239. The van der Waals surface area contributed by atoms with Crippen LogP contribution in [0.2, 0.25) is 0 Å². The van der Waals surface area contributed by atoms with Crippen LogP contribution in [-0.2, 0) is 0 Å². The molecule has 3 heteroatoms. The van der Waals surface area contributed by atoms with Crippen molar-refractivity contribution in [1.82, 2.24) is 15.0 Å². The summed E-state index contributed by atoms with van der Waals surface area (Å²) in [5, 5.41) is 4.76. The molecule has 0 saturated heterocycles. The quantitative estimate of drug-likeness (QED) is 0.190. The van der Waals surface area contributed by atoms with Crippen molar-refractivity contribution in [3.8, 4) is 45.3 Å². The van der Waals surface area contributed by atoms with Gasteiger partial charge >= 0.3 is 0 Å². The Hall–Kier alpha value is -5.15. The lowest BCUT2D eigenvalue weighted by atomic mass is 9.48. The summed E-state index contributed by atoms with van der Waals surface area (Å²) in [5.74, 6) is 6.66. The van der Waals surface area contributed by atoms with E-state index in [0.717, 1.165) is 52.1 Å². The van der Waals surface area contributed by atoms with Crippen molar-refractivity contribution in [3.05, 3.63) is 139 Å². The molecule has 3 nitrogen and oxygen atoms in total. The predicted octanol–water partition coefficient (Wildman–Crippen LogP) is 11.4. The normalized spacial score (nSPS) is 26.2. The van der Waals surface area contributed by atoms with Crippen LogP contribution in [0.15, 0.2) is 133 Å². The minimum atomic E-state index is 0.691. The zero-order valence-electron chi connectivity index (χ0n) is 27.5. The van der Waals surface area contributed by atoms with Crippen LogP contribution in [0.1, 0.15) is 43.6 Å². The number of aromatic nitrogens is 3. The third-order valence-electron chi connectivity index (χ3n) is 12.9. The molecule has 1 aromatic heterocycles. The van der Waals surface area contributed by atoms with Gasteiger partial charge in [-0.2, -0.15) is 0 Å². The molecule has 0 N–H and O–H groups in total. The maximum Gasteiger partial charge on any atom is 0.164 e. The summed E-state index contributed by atoms with van der Waals surface area (Å²) in [6.07, 6.45) is 7.46. The van der Waals surface area contributed by atoms with Crippen molar-refractivity contribution >= 4 is 21.5 Å². The van der Waals surface area contributed by atoms with Crippen molar-refractivity contribution in [1.29, 1.82) is 0 Å². The van der Waals surface area contributed by atoms with Gasteiger partial charge in [0.05, 0.1) is 0 Å². The molecule has 4 fully saturated rings. The highest BCUT2D eigenvalue weighted by atomic mass is 15.0. The molecule has 3 bridgehead atoms. The molecule has 4 saturated carbocycles. The first-order valence-electron chi connectivity index (χ1n) is 18.1. The van der Waals surface area contributed by atoms with E-state index < -0.39 is 0 Å². The van der Waals surface area contributed by atoms with E-state index in [4.69, 9.17) is 15.0 Å². The highest BCUT2D eigenvalue weighted by molar-refractivity contribution is 5.91. The van der Waals surface area contributed by atoms with Crippen molar-refractivity contribution in [2.75, 3.05) is 0 Å². The van der Waals surface area contributed by atoms with Gasteiger partial charge in [0.1, 0.15) is 0 Å². The Morgan fingerprint density at radius 3 is 1.59 bits per heavy atom. The third kappa shape index (κ3) is 4.31. The highest BCUT2D eigenvalue weighted by Gasteiger charge is 2.71. The maximum absolute atomic E-state index is 5.16. The minimum Gasteiger partial charge on any atom is -0.208 e. The lowest BCUT2D eigenvalue weighted by molar-refractivity contribution is -0.0317. The lowest BCUT2D eigenvalue weighted by Gasteiger charge is -2.56. The SMILES string of the molecule is c1ccc(-c2ccc3ccc(-c4nc(-c5ccc(C6C7CC8CC9CC6C7(C8)C9)cc5)nc(-c5ccc6ccccc6c5)n4)cc3c2)cc1. The average molecular weight is 632 g/mol. The van der Waals surface area contributed by atoms with Gasteiger partial charge in [0.15, 0.2) is 17.5 Å². The molecule has 6 aromatic carbocycles. The molecular formula is C46H37N3. The molecule has 0 radical (unpaired) electrons. The second-order valence-corrected chi connectivity index (χ2v) is 15.5. The number of nitrogens with zero attached hydrogens (tertiary/aromatic N) is 3. The van der Waals surface area contributed by atoms with Crippen LogP contribution in [0.25, 0.3) is 66.8 Å². The Morgan fingerprint density at radius 2 is 0.918 bits per heavy atom. The average Bonchev–Trinajstić information content (AvgIpc) is 3.53. The van der Waals surface area contributed by atoms with E-state index in [-0.39, 0.29) is 0 Å². The second kappa shape index (κ2) is 10.4. The molecule has 7 aromatic rings. The number of benzene rings is 6. The van der Waals surface area contributed by atoms with Gasteiger partial charge in [0, 0.05) is 16.7 Å². The monoisotopic (exact) mass is 631 g/mol. The number of hydrogen-bond donors (Lipinski definition) is 0. The zero-order valence-corrected chi connectivity index (χ0v) is 27.5. The molecule has 1 heterocycles. The Labute approximate surface area is 287 Å². The molecule has 4 aliphatic rings. The molecule has 0 amide bonds. The number of hydrogen-bond acceptors (Lipinski definition) is 3. The van der Waals surface area contributed by atoms with Crippen LogP contribution in [0.3, 0.4) is 0 Å². The Morgan fingerprint density at radius 1 is 0.408 bits per heavy atom. The van der Waals surface area contributed by atoms with E-state index in [2.05, 4.69) is 133 Å². The zero-order chi connectivity index (χ0) is 32.1. The van der Waals surface area contributed by atoms with Crippen molar-refractivity contribution in [2.45, 2.75) is 38.0 Å². The van der Waals surface area contributed by atoms with E-state index in [1.165, 1.54) is 70.3 Å². The summed E-state index contributed by atoms with van der Waals surface area (Å²) >= 11 is 0. The van der Waals surface area contributed by atoms with Crippen LogP contribution in [0.4, 0.5) is 0 Å². The van der Waals surface area contributed by atoms with Gasteiger partial charge in [-0.25, -0.2) is 15.0 Å². The van der Waals surface area contributed by atoms with E-state index >= 15 is 0 Å². The fourth-order valence-electron chi connectivity index (χ4n) is 11.0. The summed E-state index contributed by atoms with van der Waals surface area (Å²) < 4.78 is 0. The number of fused-ring (bicyclic) bond motifs is 4. The summed E-state index contributed by atoms with van der Waals surface area (Å²) in [6, 6.07) is 48.1. The molecule has 1 spiro atoms. The molecule has 11 rings (SSSR count). The molecule has 49 heavy (non-hydrogen) atoms. The van der Waals surface area contributed by atoms with Gasteiger partial charge in [-0.05, 0) is 124 Å². The summed E-state index contributed by atoms with van der Waals surface area (Å²) in [7, 11) is 0. The van der Waals surface area contributed by atoms with Crippen molar-refractivity contribution < 1.29 is 0 Å². The van der Waals surface area contributed by atoms with E-state index in [1.807, 2.05) is 0 Å². The maximum atomic E-state index is 5.16. The molecule has 0 aliphatic heterocycles. The van der Waals surface area contributed by atoms with Gasteiger partial charge in [0.25, 0.3) is 0 Å². The van der Waals surface area contributed by atoms with Gasteiger partial charge < -0.3 is 0 Å². The molecular weight excluding hydrogens is 595 g/mol. The lowest BCUT2D eigenvalue weighted by Crippen LogP contribution is -2.49. The largest absolute Gasteiger partial charge is 0.208 e. The van der Waals surface area contributed by atoms with Gasteiger partial charge in [-0.3, -0.25) is 0 Å². The first-order valence-corrected chi connectivity index (χ1v) is 18.1. The first kappa shape index (κ1) is 27.8. The summed E-state index contributed by atoms with van der Waals surface area (Å²) in [5.41, 5.74) is 7.68. The molecule has 4 unspecified atom stereocenters. The smallest absolute Gasteiger partial charge is 0.164 e. The van der Waals surface area contributed by atoms with Crippen molar-refractivity contribution in [2.24, 2.45) is 29.1 Å². The van der Waals surface area contributed by atoms with E-state index in [9.17, 15) is 0 Å². The van der Waals surface area contributed by atoms with Crippen molar-refractivity contribution in [3.63, 3.8) is 0 Å². The topological polar surface area (TPSA) is 38.7 Å². The van der Waals surface area contributed by atoms with Gasteiger partial charge in [0.2, 0.25) is 0 Å². The van der Waals surface area contributed by atoms with Gasteiger partial charge in [-0.1, -0.05) is 115 Å². The van der Waals surface area contributed by atoms with Crippen LogP contribution < -0.4 is 0 Å².